The van der Waals surface area contributed by atoms with E-state index in [0.717, 1.165) is 0 Å². The first kappa shape index (κ1) is 14.2. The van der Waals surface area contributed by atoms with Crippen LogP contribution in [0.2, 0.25) is 0 Å². The summed E-state index contributed by atoms with van der Waals surface area (Å²) < 4.78 is 27.7. The Bertz CT molecular complexity index is 303. The van der Waals surface area contributed by atoms with Crippen LogP contribution in [0.4, 0.5) is 0 Å². The molecule has 0 saturated carbocycles. The Hall–Kier alpha value is -0.240. The predicted molar refractivity (Wildman–Crippen MR) is 61.5 cm³/mol. The second-order valence-electron chi connectivity index (χ2n) is 5.56. The van der Waals surface area contributed by atoms with Gasteiger partial charge in [-0.25, -0.2) is 0 Å². The third kappa shape index (κ3) is 3.20. The van der Waals surface area contributed by atoms with E-state index in [9.17, 15) is 5.11 Å². The highest BCUT2D eigenvalue weighted by Crippen LogP contribution is 2.31. The van der Waals surface area contributed by atoms with Crippen molar-refractivity contribution in [1.82, 2.24) is 0 Å². The van der Waals surface area contributed by atoms with Crippen LogP contribution < -0.4 is 0 Å². The Labute approximate surface area is 107 Å². The molecule has 2 aliphatic rings. The highest BCUT2D eigenvalue weighted by molar-refractivity contribution is 4.82. The SMILES string of the molecule is CC1OC([C@@H]2COC(C)(C)O2)[C@H](O)OC(C)(C)O1. The molecule has 1 N–H and O–H groups in total. The minimum Gasteiger partial charge on any atom is -0.366 e. The van der Waals surface area contributed by atoms with Crippen molar-refractivity contribution in [3.05, 3.63) is 0 Å². The van der Waals surface area contributed by atoms with Gasteiger partial charge in [-0.3, -0.25) is 0 Å². The first-order valence-corrected chi connectivity index (χ1v) is 6.19. The number of aliphatic hydroxyl groups excluding tert-OH is 1. The molecular formula is C12H22O6. The highest BCUT2D eigenvalue weighted by Gasteiger charge is 2.45. The van der Waals surface area contributed by atoms with Gasteiger partial charge in [0.2, 0.25) is 0 Å². The molecule has 2 aliphatic heterocycles. The fraction of sp³-hybridized carbons (Fsp3) is 1.00. The van der Waals surface area contributed by atoms with Crippen LogP contribution in [0, 0.1) is 0 Å². The van der Waals surface area contributed by atoms with Crippen LogP contribution in [0.3, 0.4) is 0 Å². The van der Waals surface area contributed by atoms with Gasteiger partial charge in [0.15, 0.2) is 24.2 Å². The molecule has 0 aromatic rings. The van der Waals surface area contributed by atoms with Gasteiger partial charge >= 0.3 is 0 Å². The molecule has 2 saturated heterocycles. The monoisotopic (exact) mass is 262 g/mol. The maximum atomic E-state index is 10.1. The summed E-state index contributed by atoms with van der Waals surface area (Å²) in [6.07, 6.45) is -2.62. The number of rotatable bonds is 1. The molecule has 2 fully saturated rings. The van der Waals surface area contributed by atoms with Gasteiger partial charge in [0.05, 0.1) is 6.61 Å². The molecule has 4 atom stereocenters. The second kappa shape index (κ2) is 4.70. The number of ether oxygens (including phenoxy) is 5. The Balaban J connectivity index is 2.08. The lowest BCUT2D eigenvalue weighted by atomic mass is 10.2. The molecule has 0 aliphatic carbocycles. The fourth-order valence-corrected chi connectivity index (χ4v) is 2.25. The smallest absolute Gasteiger partial charge is 0.187 e. The van der Waals surface area contributed by atoms with Crippen molar-refractivity contribution < 1.29 is 28.8 Å². The summed E-state index contributed by atoms with van der Waals surface area (Å²) in [6.45, 7) is 9.22. The lowest BCUT2D eigenvalue weighted by Gasteiger charge is -2.28. The number of hydrogen-bond donors (Lipinski definition) is 1. The summed E-state index contributed by atoms with van der Waals surface area (Å²) in [5.74, 6) is -1.57. The second-order valence-corrected chi connectivity index (χ2v) is 5.56. The van der Waals surface area contributed by atoms with E-state index in [0.29, 0.717) is 6.61 Å². The lowest BCUT2D eigenvalue weighted by Crippen LogP contribution is -2.44. The van der Waals surface area contributed by atoms with Crippen LogP contribution >= 0.6 is 0 Å². The van der Waals surface area contributed by atoms with Gasteiger partial charge in [-0.15, -0.1) is 0 Å². The molecule has 6 nitrogen and oxygen atoms in total. The molecule has 2 unspecified atom stereocenters. The molecule has 0 spiro atoms. The third-order valence-corrected chi connectivity index (χ3v) is 2.88. The van der Waals surface area contributed by atoms with E-state index < -0.39 is 30.3 Å². The molecule has 0 radical (unpaired) electrons. The van der Waals surface area contributed by atoms with Gasteiger partial charge < -0.3 is 28.8 Å². The van der Waals surface area contributed by atoms with Crippen LogP contribution in [-0.4, -0.2) is 48.1 Å². The quantitative estimate of drug-likeness (QED) is 0.759. The Morgan fingerprint density at radius 3 is 2.22 bits per heavy atom. The van der Waals surface area contributed by atoms with Gasteiger partial charge in [-0.05, 0) is 34.6 Å². The third-order valence-electron chi connectivity index (χ3n) is 2.88. The van der Waals surface area contributed by atoms with Crippen molar-refractivity contribution in [2.45, 2.75) is 71.0 Å². The fourth-order valence-electron chi connectivity index (χ4n) is 2.25. The summed E-state index contributed by atoms with van der Waals surface area (Å²) in [5, 5.41) is 10.1. The van der Waals surface area contributed by atoms with Crippen molar-refractivity contribution in [3.8, 4) is 0 Å². The molecule has 18 heavy (non-hydrogen) atoms. The number of hydrogen-bond acceptors (Lipinski definition) is 6. The summed E-state index contributed by atoms with van der Waals surface area (Å²) >= 11 is 0. The van der Waals surface area contributed by atoms with Crippen molar-refractivity contribution in [3.63, 3.8) is 0 Å². The Morgan fingerprint density at radius 2 is 1.67 bits per heavy atom. The molecule has 2 heterocycles. The molecule has 0 bridgehead atoms. The summed E-state index contributed by atoms with van der Waals surface area (Å²) in [7, 11) is 0. The summed E-state index contributed by atoms with van der Waals surface area (Å²) in [5.41, 5.74) is 0. The van der Waals surface area contributed by atoms with Gasteiger partial charge in [0, 0.05) is 0 Å². The minimum absolute atomic E-state index is 0.352. The lowest BCUT2D eigenvalue weighted by molar-refractivity contribution is -0.284. The van der Waals surface area contributed by atoms with Crippen molar-refractivity contribution >= 4 is 0 Å². The van der Waals surface area contributed by atoms with Crippen LogP contribution in [0.5, 0.6) is 0 Å². The number of aliphatic hydroxyl groups is 1. The molecule has 6 heteroatoms. The van der Waals surface area contributed by atoms with Gasteiger partial charge in [-0.2, -0.15) is 0 Å². The van der Waals surface area contributed by atoms with Gasteiger partial charge in [0.1, 0.15) is 12.2 Å². The predicted octanol–water partition coefficient (Wildman–Crippen LogP) is 0.970. The van der Waals surface area contributed by atoms with E-state index >= 15 is 0 Å². The first-order valence-electron chi connectivity index (χ1n) is 6.19. The zero-order valence-corrected chi connectivity index (χ0v) is 11.5. The van der Waals surface area contributed by atoms with Crippen molar-refractivity contribution in [2.24, 2.45) is 0 Å². The zero-order chi connectivity index (χ0) is 13.6. The molecule has 0 aromatic carbocycles. The van der Waals surface area contributed by atoms with Crippen molar-refractivity contribution in [2.75, 3.05) is 6.61 Å². The first-order chi connectivity index (χ1) is 8.19. The molecule has 0 aromatic heterocycles. The maximum Gasteiger partial charge on any atom is 0.187 e. The van der Waals surface area contributed by atoms with E-state index in [1.165, 1.54) is 0 Å². The highest BCUT2D eigenvalue weighted by atomic mass is 16.8. The van der Waals surface area contributed by atoms with Crippen LogP contribution in [0.15, 0.2) is 0 Å². The maximum absolute atomic E-state index is 10.1. The average Bonchev–Trinajstić information content (AvgIpc) is 2.47. The normalized spacial score (nSPS) is 43.7. The van der Waals surface area contributed by atoms with E-state index in [2.05, 4.69) is 0 Å². The molecule has 0 amide bonds. The van der Waals surface area contributed by atoms with Crippen LogP contribution in [0.25, 0.3) is 0 Å². The minimum atomic E-state index is -1.12. The molecule has 2 rings (SSSR count). The summed E-state index contributed by atoms with van der Waals surface area (Å²) in [4.78, 5) is 0. The van der Waals surface area contributed by atoms with E-state index in [1.807, 2.05) is 13.8 Å². The zero-order valence-electron chi connectivity index (χ0n) is 11.5. The largest absolute Gasteiger partial charge is 0.366 e. The molecular weight excluding hydrogens is 240 g/mol. The van der Waals surface area contributed by atoms with E-state index in [1.54, 1.807) is 20.8 Å². The molecule has 106 valence electrons. The van der Waals surface area contributed by atoms with Gasteiger partial charge in [-0.1, -0.05) is 0 Å². The van der Waals surface area contributed by atoms with Crippen LogP contribution in [0.1, 0.15) is 34.6 Å². The topological polar surface area (TPSA) is 66.4 Å². The van der Waals surface area contributed by atoms with E-state index in [4.69, 9.17) is 23.7 Å². The Morgan fingerprint density at radius 1 is 1.00 bits per heavy atom. The standard InChI is InChI=1S/C12H22O6/c1-7-15-9(8-6-14-11(2,3)17-8)10(13)18-12(4,5)16-7/h7-10,13H,6H2,1-5H3/t7?,8-,9?,10+/m0/s1. The van der Waals surface area contributed by atoms with Crippen molar-refractivity contribution in [1.29, 1.82) is 0 Å². The summed E-state index contributed by atoms with van der Waals surface area (Å²) in [6, 6.07) is 0. The Kier molecular flexibility index (Phi) is 3.70. The average molecular weight is 262 g/mol. The van der Waals surface area contributed by atoms with Crippen LogP contribution in [-0.2, 0) is 23.7 Å². The van der Waals surface area contributed by atoms with Gasteiger partial charge in [0.25, 0.3) is 0 Å². The van der Waals surface area contributed by atoms with E-state index in [-0.39, 0.29) is 6.10 Å².